The Morgan fingerprint density at radius 2 is 1.81 bits per heavy atom. The van der Waals surface area contributed by atoms with Crippen LogP contribution in [-0.2, 0) is 9.59 Å². The number of carbonyl (C=O) groups excluding carboxylic acids is 2. The summed E-state index contributed by atoms with van der Waals surface area (Å²) in [5.74, 6) is 1.20. The van der Waals surface area contributed by atoms with Gasteiger partial charge in [0.25, 0.3) is 0 Å². The maximum Gasteiger partial charge on any atom is 0.239 e. The summed E-state index contributed by atoms with van der Waals surface area (Å²) in [6.45, 7) is 4.37. The van der Waals surface area contributed by atoms with Gasteiger partial charge >= 0.3 is 0 Å². The molecular formula is C30H37N3O4. The van der Waals surface area contributed by atoms with Crippen molar-refractivity contribution in [3.05, 3.63) is 59.3 Å². The highest BCUT2D eigenvalue weighted by molar-refractivity contribution is 6.02. The number of nitrogens with one attached hydrogen (secondary N) is 2. The van der Waals surface area contributed by atoms with Crippen LogP contribution in [0.2, 0.25) is 0 Å². The van der Waals surface area contributed by atoms with Crippen LogP contribution in [0.15, 0.2) is 53.7 Å². The van der Waals surface area contributed by atoms with Crippen LogP contribution in [0.3, 0.4) is 0 Å². The summed E-state index contributed by atoms with van der Waals surface area (Å²) in [7, 11) is 3.22. The van der Waals surface area contributed by atoms with E-state index >= 15 is 0 Å². The Bertz CT molecular complexity index is 1230. The third-order valence-corrected chi connectivity index (χ3v) is 7.77. The number of fused-ring (bicyclic) bond motifs is 1. The summed E-state index contributed by atoms with van der Waals surface area (Å²) in [5, 5.41) is 6.84. The van der Waals surface area contributed by atoms with E-state index in [2.05, 4.69) is 29.4 Å². The summed E-state index contributed by atoms with van der Waals surface area (Å²) in [6.07, 6.45) is 5.49. The predicted octanol–water partition coefficient (Wildman–Crippen LogP) is 5.38. The number of methoxy groups -OCH3 is 2. The highest BCUT2D eigenvalue weighted by Crippen LogP contribution is 2.50. The molecule has 0 spiro atoms. The quantitative estimate of drug-likeness (QED) is 0.551. The SMILES string of the molecule is COc1cccc(C2C3=C(CC(C)(C)CC3=O)Nc3ccccc3N2CC(=O)NC2CCCC2)c1OC. The lowest BCUT2D eigenvalue weighted by Gasteiger charge is -2.38. The number of para-hydroxylation sites is 3. The number of hydrogen-bond donors (Lipinski definition) is 2. The van der Waals surface area contributed by atoms with Gasteiger partial charge in [0.15, 0.2) is 17.3 Å². The first-order chi connectivity index (χ1) is 17.8. The van der Waals surface area contributed by atoms with E-state index in [1.807, 2.05) is 42.5 Å². The first-order valence-electron chi connectivity index (χ1n) is 13.2. The van der Waals surface area contributed by atoms with E-state index in [4.69, 9.17) is 9.47 Å². The number of allylic oxidation sites excluding steroid dienone is 1. The number of rotatable bonds is 6. The molecule has 2 aromatic carbocycles. The first kappa shape index (κ1) is 25.2. The lowest BCUT2D eigenvalue weighted by atomic mass is 9.73. The fraction of sp³-hybridized carbons (Fsp3) is 0.467. The smallest absolute Gasteiger partial charge is 0.239 e. The molecule has 196 valence electrons. The standard InChI is InChI=1S/C30H37N3O4/c1-30(2)16-22-27(24(34)17-30)28(20-12-9-15-25(36-3)29(20)37-4)33(23-14-8-7-13-21(23)32-22)18-26(35)31-19-10-5-6-11-19/h7-9,12-15,19,28,32H,5-6,10-11,16-18H2,1-4H3,(H,31,35). The minimum Gasteiger partial charge on any atom is -0.493 e. The zero-order valence-corrected chi connectivity index (χ0v) is 22.2. The molecule has 0 saturated heterocycles. The largest absolute Gasteiger partial charge is 0.493 e. The molecule has 1 atom stereocenters. The van der Waals surface area contributed by atoms with E-state index in [1.54, 1.807) is 14.2 Å². The van der Waals surface area contributed by atoms with E-state index in [-0.39, 0.29) is 29.7 Å². The van der Waals surface area contributed by atoms with Crippen molar-refractivity contribution < 1.29 is 19.1 Å². The lowest BCUT2D eigenvalue weighted by Crippen LogP contribution is -2.44. The zero-order valence-electron chi connectivity index (χ0n) is 22.2. The van der Waals surface area contributed by atoms with Gasteiger partial charge in [0.05, 0.1) is 38.2 Å². The molecule has 1 unspecified atom stereocenters. The minimum atomic E-state index is -0.519. The van der Waals surface area contributed by atoms with Crippen molar-refractivity contribution in [2.45, 2.75) is 64.5 Å². The molecule has 0 radical (unpaired) electrons. The number of nitrogens with zero attached hydrogens (tertiary/aromatic N) is 1. The van der Waals surface area contributed by atoms with Gasteiger partial charge in [-0.3, -0.25) is 9.59 Å². The molecule has 1 saturated carbocycles. The predicted molar refractivity (Wildman–Crippen MR) is 145 cm³/mol. The van der Waals surface area contributed by atoms with Gasteiger partial charge in [-0.1, -0.05) is 51.0 Å². The van der Waals surface area contributed by atoms with E-state index in [0.717, 1.165) is 54.7 Å². The Morgan fingerprint density at radius 3 is 2.54 bits per heavy atom. The molecule has 0 aromatic heterocycles. The van der Waals surface area contributed by atoms with Crippen LogP contribution >= 0.6 is 0 Å². The number of ketones is 1. The molecule has 2 aromatic rings. The molecule has 1 aliphatic heterocycles. The molecule has 7 heteroatoms. The lowest BCUT2D eigenvalue weighted by molar-refractivity contribution is -0.121. The second-order valence-corrected chi connectivity index (χ2v) is 11.1. The van der Waals surface area contributed by atoms with Gasteiger partial charge in [-0.25, -0.2) is 0 Å². The molecule has 2 N–H and O–H groups in total. The Morgan fingerprint density at radius 1 is 1.05 bits per heavy atom. The fourth-order valence-corrected chi connectivity index (χ4v) is 6.18. The molecule has 1 heterocycles. The van der Waals surface area contributed by atoms with Crippen molar-refractivity contribution in [2.24, 2.45) is 5.41 Å². The molecule has 2 aliphatic carbocycles. The number of hydrogen-bond acceptors (Lipinski definition) is 6. The Kier molecular flexibility index (Phi) is 6.88. The maximum atomic E-state index is 13.9. The van der Waals surface area contributed by atoms with Gasteiger partial charge in [0.1, 0.15) is 0 Å². The summed E-state index contributed by atoms with van der Waals surface area (Å²) < 4.78 is 11.5. The third kappa shape index (κ3) is 4.91. The molecule has 1 amide bonds. The first-order valence-corrected chi connectivity index (χ1v) is 13.2. The number of benzene rings is 2. The average molecular weight is 504 g/mol. The van der Waals surface area contributed by atoms with Gasteiger partial charge < -0.3 is 25.0 Å². The van der Waals surface area contributed by atoms with Gasteiger partial charge in [0, 0.05) is 29.3 Å². The number of carbonyl (C=O) groups is 2. The Balaban J connectivity index is 1.69. The van der Waals surface area contributed by atoms with Crippen molar-refractivity contribution in [3.8, 4) is 11.5 Å². The Labute approximate surface area is 219 Å². The molecule has 3 aliphatic rings. The fourth-order valence-electron chi connectivity index (χ4n) is 6.18. The monoisotopic (exact) mass is 503 g/mol. The van der Waals surface area contributed by atoms with Crippen molar-refractivity contribution >= 4 is 23.1 Å². The van der Waals surface area contributed by atoms with Gasteiger partial charge in [-0.05, 0) is 42.9 Å². The number of Topliss-reactive ketones (excluding diaryl/α,β-unsaturated/α-hetero) is 1. The minimum absolute atomic E-state index is 0.0406. The molecule has 7 nitrogen and oxygen atoms in total. The van der Waals surface area contributed by atoms with Crippen molar-refractivity contribution in [2.75, 3.05) is 31.0 Å². The summed E-state index contributed by atoms with van der Waals surface area (Å²) >= 11 is 0. The van der Waals surface area contributed by atoms with Crippen LogP contribution in [0.25, 0.3) is 0 Å². The van der Waals surface area contributed by atoms with Gasteiger partial charge in [-0.15, -0.1) is 0 Å². The normalized spacial score (nSPS) is 21.0. The number of anilines is 2. The van der Waals surface area contributed by atoms with Crippen LogP contribution in [0.4, 0.5) is 11.4 Å². The molecule has 5 rings (SSSR count). The van der Waals surface area contributed by atoms with Crippen molar-refractivity contribution in [1.82, 2.24) is 5.32 Å². The van der Waals surface area contributed by atoms with Crippen LogP contribution in [0.1, 0.15) is 64.0 Å². The Hall–Kier alpha value is -3.48. The van der Waals surface area contributed by atoms with Crippen LogP contribution in [0.5, 0.6) is 11.5 Å². The maximum absolute atomic E-state index is 13.9. The van der Waals surface area contributed by atoms with E-state index in [9.17, 15) is 9.59 Å². The number of amides is 1. The molecule has 0 bridgehead atoms. The average Bonchev–Trinajstić information content (AvgIpc) is 3.32. The molecule has 37 heavy (non-hydrogen) atoms. The van der Waals surface area contributed by atoms with E-state index in [1.165, 1.54) is 0 Å². The highest BCUT2D eigenvalue weighted by Gasteiger charge is 2.43. The topological polar surface area (TPSA) is 79.9 Å². The second kappa shape index (κ2) is 10.1. The molecular weight excluding hydrogens is 466 g/mol. The summed E-state index contributed by atoms with van der Waals surface area (Å²) in [6, 6.07) is 13.4. The zero-order chi connectivity index (χ0) is 26.2. The summed E-state index contributed by atoms with van der Waals surface area (Å²) in [5.41, 5.74) is 3.99. The highest BCUT2D eigenvalue weighted by atomic mass is 16.5. The van der Waals surface area contributed by atoms with E-state index in [0.29, 0.717) is 23.5 Å². The van der Waals surface area contributed by atoms with Crippen LogP contribution < -0.4 is 25.0 Å². The van der Waals surface area contributed by atoms with Gasteiger partial charge in [0.2, 0.25) is 5.91 Å². The van der Waals surface area contributed by atoms with Crippen molar-refractivity contribution in [3.63, 3.8) is 0 Å². The van der Waals surface area contributed by atoms with E-state index < -0.39 is 6.04 Å². The number of ether oxygens (including phenoxy) is 2. The third-order valence-electron chi connectivity index (χ3n) is 7.77. The molecule has 1 fully saturated rings. The van der Waals surface area contributed by atoms with Crippen LogP contribution in [-0.4, -0.2) is 38.5 Å². The van der Waals surface area contributed by atoms with Gasteiger partial charge in [-0.2, -0.15) is 0 Å². The summed E-state index contributed by atoms with van der Waals surface area (Å²) in [4.78, 5) is 29.4. The van der Waals surface area contributed by atoms with Crippen LogP contribution in [0, 0.1) is 5.41 Å². The van der Waals surface area contributed by atoms with Crippen molar-refractivity contribution in [1.29, 1.82) is 0 Å². The second-order valence-electron chi connectivity index (χ2n) is 11.1.